The molecule has 0 aliphatic carbocycles. The molecule has 2 aromatic carbocycles. The van der Waals surface area contributed by atoms with E-state index in [1.54, 1.807) is 11.5 Å². The molecule has 0 amide bonds. The van der Waals surface area contributed by atoms with E-state index in [9.17, 15) is 5.11 Å². The summed E-state index contributed by atoms with van der Waals surface area (Å²) in [6.07, 6.45) is 1.37. The molecule has 5 rings (SSSR count). The van der Waals surface area contributed by atoms with Crippen molar-refractivity contribution >= 4 is 45.2 Å². The number of hydrogen-bond donors (Lipinski definition) is 1. The minimum atomic E-state index is -1.37. The second kappa shape index (κ2) is 10.5. The van der Waals surface area contributed by atoms with Crippen LogP contribution in [0.15, 0.2) is 73.2 Å². The molecule has 0 radical (unpaired) electrons. The highest BCUT2D eigenvalue weighted by Gasteiger charge is 2.55. The fourth-order valence-electron chi connectivity index (χ4n) is 4.45. The van der Waals surface area contributed by atoms with E-state index in [1.807, 2.05) is 66.9 Å². The Morgan fingerprint density at radius 2 is 1.71 bits per heavy atom. The lowest BCUT2D eigenvalue weighted by Crippen LogP contribution is -2.46. The van der Waals surface area contributed by atoms with Crippen LogP contribution < -0.4 is 0 Å². The normalized spacial score (nSPS) is 24.3. The van der Waals surface area contributed by atoms with Crippen LogP contribution in [-0.4, -0.2) is 44.1 Å². The molecule has 0 bridgehead atoms. The van der Waals surface area contributed by atoms with E-state index in [2.05, 4.69) is 32.6 Å². The molecule has 3 heterocycles. The first-order valence-corrected chi connectivity index (χ1v) is 12.7. The van der Waals surface area contributed by atoms with Crippen molar-refractivity contribution in [2.75, 3.05) is 6.61 Å². The van der Waals surface area contributed by atoms with Crippen molar-refractivity contribution in [2.24, 2.45) is 0 Å². The van der Waals surface area contributed by atoms with E-state index in [0.717, 1.165) is 20.1 Å². The summed E-state index contributed by atoms with van der Waals surface area (Å²) in [5.74, 6) is 0. The van der Waals surface area contributed by atoms with Crippen LogP contribution in [0.5, 0.6) is 0 Å². The van der Waals surface area contributed by atoms with Gasteiger partial charge in [-0.1, -0.05) is 72.3 Å². The molecule has 1 saturated heterocycles. The van der Waals surface area contributed by atoms with Crippen molar-refractivity contribution in [3.05, 3.63) is 93.0 Å². The van der Waals surface area contributed by atoms with Gasteiger partial charge in [0.25, 0.3) is 0 Å². The molecule has 4 aromatic rings. The summed E-state index contributed by atoms with van der Waals surface area (Å²) in [6.45, 7) is 2.76. The van der Waals surface area contributed by atoms with Crippen molar-refractivity contribution in [1.82, 2.24) is 14.5 Å². The molecule has 1 aliphatic rings. The van der Waals surface area contributed by atoms with Gasteiger partial charge in [-0.25, -0.2) is 9.97 Å². The second-order valence-corrected chi connectivity index (χ2v) is 10.2. The molecule has 1 unspecified atom stereocenters. The van der Waals surface area contributed by atoms with Crippen molar-refractivity contribution in [1.29, 1.82) is 0 Å². The summed E-state index contributed by atoms with van der Waals surface area (Å²) in [6, 6.07) is 19.8. The third-order valence-electron chi connectivity index (χ3n) is 6.15. The van der Waals surface area contributed by atoms with Gasteiger partial charge in [-0.3, -0.25) is 0 Å². The van der Waals surface area contributed by atoms with Gasteiger partial charge in [-0.15, -0.1) is 0 Å². The van der Waals surface area contributed by atoms with Gasteiger partial charge < -0.3 is 23.9 Å². The Balaban J connectivity index is 1.42. The predicted octanol–water partition coefficient (Wildman–Crippen LogP) is 5.14. The molecule has 2 aromatic heterocycles. The summed E-state index contributed by atoms with van der Waals surface area (Å²) >= 11 is 8.53. The minimum Gasteiger partial charge on any atom is -0.383 e. The lowest BCUT2D eigenvalue weighted by Gasteiger charge is -2.30. The van der Waals surface area contributed by atoms with Crippen LogP contribution in [-0.2, 0) is 27.4 Å². The highest BCUT2D eigenvalue weighted by atomic mass is 127. The van der Waals surface area contributed by atoms with Crippen LogP contribution in [0.4, 0.5) is 0 Å². The van der Waals surface area contributed by atoms with E-state index >= 15 is 0 Å². The zero-order valence-electron chi connectivity index (χ0n) is 19.1. The fourth-order valence-corrected chi connectivity index (χ4v) is 5.64. The Morgan fingerprint density at radius 1 is 1.06 bits per heavy atom. The molecule has 35 heavy (non-hydrogen) atoms. The topological polar surface area (TPSA) is 78.6 Å². The van der Waals surface area contributed by atoms with Crippen molar-refractivity contribution in [3.63, 3.8) is 0 Å². The van der Waals surface area contributed by atoms with Crippen LogP contribution in [0.25, 0.3) is 11.0 Å². The zero-order valence-corrected chi connectivity index (χ0v) is 22.0. The number of hydrogen-bond acceptors (Lipinski definition) is 6. The molecular weight excluding hydrogens is 581 g/mol. The standard InChI is InChI=1S/C26H25ClIN3O4/c1-26(32)22(34-14-18-10-6-3-7-11-18)20(15-33-13-17-8-4-2-5-9-17)35-25(26)31-12-19(28)21-23(27)29-16-30-24(21)31/h2-12,16,20,22,25,32H,13-15H2,1H3/t20-,22-,25?,26-/m1/s1. The SMILES string of the molecule is C[C@]1(O)C(n2cc(I)c3c(Cl)ncnc32)O[C@H](COCc2ccccc2)[C@H]1OCc1ccccc1. The Kier molecular flexibility index (Phi) is 7.38. The predicted molar refractivity (Wildman–Crippen MR) is 141 cm³/mol. The summed E-state index contributed by atoms with van der Waals surface area (Å²) in [7, 11) is 0. The maximum absolute atomic E-state index is 11.8. The Labute approximate surface area is 222 Å². The van der Waals surface area contributed by atoms with Crippen LogP contribution in [0.3, 0.4) is 0 Å². The van der Waals surface area contributed by atoms with Gasteiger partial charge >= 0.3 is 0 Å². The smallest absolute Gasteiger partial charge is 0.167 e. The number of aromatic nitrogens is 3. The van der Waals surface area contributed by atoms with Gasteiger partial charge in [-0.2, -0.15) is 0 Å². The summed E-state index contributed by atoms with van der Waals surface area (Å²) in [5, 5.41) is 12.8. The molecule has 182 valence electrons. The lowest BCUT2D eigenvalue weighted by molar-refractivity contribution is -0.114. The molecule has 9 heteroatoms. The number of ether oxygens (including phenoxy) is 3. The van der Waals surface area contributed by atoms with Gasteiger partial charge in [0.05, 0.1) is 25.2 Å². The first kappa shape index (κ1) is 24.6. The number of aliphatic hydroxyl groups is 1. The van der Waals surface area contributed by atoms with E-state index < -0.39 is 24.0 Å². The highest BCUT2D eigenvalue weighted by Crippen LogP contribution is 2.43. The number of benzene rings is 2. The van der Waals surface area contributed by atoms with Crippen molar-refractivity contribution in [2.45, 2.75) is 44.2 Å². The Bertz CT molecular complexity index is 1290. The van der Waals surface area contributed by atoms with Crippen LogP contribution in [0.1, 0.15) is 24.3 Å². The van der Waals surface area contributed by atoms with E-state index in [1.165, 1.54) is 6.33 Å². The molecule has 4 atom stereocenters. The second-order valence-electron chi connectivity index (χ2n) is 8.72. The van der Waals surface area contributed by atoms with Gasteiger partial charge in [0.1, 0.15) is 34.9 Å². The molecule has 0 saturated carbocycles. The van der Waals surface area contributed by atoms with Gasteiger partial charge in [-0.05, 0) is 40.6 Å². The average Bonchev–Trinajstić information content (AvgIpc) is 3.32. The zero-order chi connectivity index (χ0) is 24.4. The number of halogens is 2. The maximum Gasteiger partial charge on any atom is 0.167 e. The third-order valence-corrected chi connectivity index (χ3v) is 7.26. The lowest BCUT2D eigenvalue weighted by atomic mass is 9.96. The summed E-state index contributed by atoms with van der Waals surface area (Å²) in [5.41, 5.74) is 1.29. The number of fused-ring (bicyclic) bond motifs is 1. The van der Waals surface area contributed by atoms with Gasteiger partial charge in [0.2, 0.25) is 0 Å². The fraction of sp³-hybridized carbons (Fsp3) is 0.308. The number of rotatable bonds is 8. The molecule has 1 fully saturated rings. The first-order chi connectivity index (χ1) is 16.9. The Morgan fingerprint density at radius 3 is 2.40 bits per heavy atom. The quantitative estimate of drug-likeness (QED) is 0.221. The first-order valence-electron chi connectivity index (χ1n) is 11.3. The molecule has 1 N–H and O–H groups in total. The van der Waals surface area contributed by atoms with Gasteiger partial charge in [0, 0.05) is 9.77 Å². The molecular formula is C26H25ClIN3O4. The largest absolute Gasteiger partial charge is 0.383 e. The van der Waals surface area contributed by atoms with E-state index in [4.69, 9.17) is 25.8 Å². The summed E-state index contributed by atoms with van der Waals surface area (Å²) in [4.78, 5) is 8.51. The van der Waals surface area contributed by atoms with E-state index in [0.29, 0.717) is 24.0 Å². The Hall–Kier alpha value is -2.08. The van der Waals surface area contributed by atoms with Crippen molar-refractivity contribution < 1.29 is 19.3 Å². The third kappa shape index (κ3) is 5.09. The van der Waals surface area contributed by atoms with Gasteiger partial charge in [0.15, 0.2) is 6.23 Å². The maximum atomic E-state index is 11.8. The monoisotopic (exact) mass is 605 g/mol. The van der Waals surface area contributed by atoms with E-state index in [-0.39, 0.29) is 6.61 Å². The molecule has 0 spiro atoms. The summed E-state index contributed by atoms with van der Waals surface area (Å²) < 4.78 is 21.4. The van der Waals surface area contributed by atoms with Crippen molar-refractivity contribution in [3.8, 4) is 0 Å². The van der Waals surface area contributed by atoms with Crippen LogP contribution in [0.2, 0.25) is 5.15 Å². The molecule has 1 aliphatic heterocycles. The average molecular weight is 606 g/mol. The van der Waals surface area contributed by atoms with Crippen LogP contribution in [0, 0.1) is 3.57 Å². The minimum absolute atomic E-state index is 0.257. The highest BCUT2D eigenvalue weighted by molar-refractivity contribution is 14.1. The van der Waals surface area contributed by atoms with Crippen LogP contribution >= 0.6 is 34.2 Å². The molecule has 7 nitrogen and oxygen atoms in total. The number of nitrogens with zero attached hydrogens (tertiary/aromatic N) is 3.